The summed E-state index contributed by atoms with van der Waals surface area (Å²) >= 11 is 6.30. The molecule has 0 aromatic heterocycles. The number of nitrogens with one attached hydrogen (secondary N) is 1. The highest BCUT2D eigenvalue weighted by Crippen LogP contribution is 2.34. The van der Waals surface area contributed by atoms with Crippen molar-refractivity contribution in [3.63, 3.8) is 0 Å². The van der Waals surface area contributed by atoms with Crippen LogP contribution in [-0.2, 0) is 17.5 Å². The molecule has 0 radical (unpaired) electrons. The molecule has 194 valence electrons. The fraction of sp³-hybridized carbons (Fsp3) is 0.379. The zero-order valence-corrected chi connectivity index (χ0v) is 22.8. The van der Waals surface area contributed by atoms with Crippen LogP contribution >= 0.6 is 19.2 Å². The molecule has 7 heteroatoms. The van der Waals surface area contributed by atoms with E-state index in [0.717, 1.165) is 35.6 Å². The average molecular weight is 530 g/mol. The minimum atomic E-state index is -3.91. The standard InChI is InChI=1S/C29H37ClNO4P/c1-22-9-10-25(18-23(22)2)19-26(27-6-3-8-28(30)20-27)7-4-16-35-29-13-11-24(12-14-29)21-31-15-5-17-36(32,33)34/h3,6,8-14,18,20,26,31H,4-5,7,15-17,19,21H2,1-2H3,(H2,32,33,34). The van der Waals surface area contributed by atoms with Gasteiger partial charge in [-0.2, -0.15) is 0 Å². The molecule has 0 saturated heterocycles. The lowest BCUT2D eigenvalue weighted by molar-refractivity contribution is 0.301. The molecule has 0 fully saturated rings. The number of hydrogen-bond acceptors (Lipinski definition) is 3. The Kier molecular flexibility index (Phi) is 11.0. The molecule has 0 spiro atoms. The van der Waals surface area contributed by atoms with Crippen molar-refractivity contribution in [3.05, 3.63) is 99.6 Å². The molecule has 36 heavy (non-hydrogen) atoms. The molecule has 1 atom stereocenters. The highest BCUT2D eigenvalue weighted by molar-refractivity contribution is 7.51. The fourth-order valence-corrected chi connectivity index (χ4v) is 5.00. The second-order valence-corrected chi connectivity index (χ2v) is 11.6. The van der Waals surface area contributed by atoms with E-state index < -0.39 is 7.60 Å². The summed E-state index contributed by atoms with van der Waals surface area (Å²) in [6.45, 7) is 6.17. The maximum atomic E-state index is 10.9. The lowest BCUT2D eigenvalue weighted by Gasteiger charge is -2.19. The summed E-state index contributed by atoms with van der Waals surface area (Å²) in [7, 11) is -3.91. The van der Waals surface area contributed by atoms with E-state index in [0.29, 0.717) is 32.0 Å². The van der Waals surface area contributed by atoms with Gasteiger partial charge in [-0.25, -0.2) is 0 Å². The monoisotopic (exact) mass is 529 g/mol. The smallest absolute Gasteiger partial charge is 0.325 e. The summed E-state index contributed by atoms with van der Waals surface area (Å²) in [5.41, 5.74) is 6.34. The van der Waals surface area contributed by atoms with Gasteiger partial charge >= 0.3 is 7.60 Å². The molecule has 3 rings (SSSR count). The van der Waals surface area contributed by atoms with Crippen LogP contribution < -0.4 is 10.1 Å². The van der Waals surface area contributed by atoms with Gasteiger partial charge in [-0.15, -0.1) is 0 Å². The number of halogens is 1. The van der Waals surface area contributed by atoms with E-state index in [1.54, 1.807) is 0 Å². The van der Waals surface area contributed by atoms with E-state index in [1.165, 1.54) is 22.3 Å². The highest BCUT2D eigenvalue weighted by Gasteiger charge is 2.14. The van der Waals surface area contributed by atoms with Crippen LogP contribution in [0.4, 0.5) is 0 Å². The molecule has 0 aliphatic rings. The molecular weight excluding hydrogens is 493 g/mol. The van der Waals surface area contributed by atoms with Gasteiger partial charge in [0.2, 0.25) is 0 Å². The number of benzene rings is 3. The largest absolute Gasteiger partial charge is 0.494 e. The molecule has 0 saturated carbocycles. The summed E-state index contributed by atoms with van der Waals surface area (Å²) in [4.78, 5) is 17.8. The first-order valence-electron chi connectivity index (χ1n) is 12.5. The third-order valence-electron chi connectivity index (χ3n) is 6.39. The Balaban J connectivity index is 1.47. The fourth-order valence-electron chi connectivity index (χ4n) is 4.23. The van der Waals surface area contributed by atoms with Crippen LogP contribution in [0.1, 0.15) is 53.0 Å². The minimum Gasteiger partial charge on any atom is -0.494 e. The van der Waals surface area contributed by atoms with Crippen LogP contribution in [0, 0.1) is 13.8 Å². The van der Waals surface area contributed by atoms with Gasteiger partial charge in [0.25, 0.3) is 0 Å². The minimum absolute atomic E-state index is 0.0877. The van der Waals surface area contributed by atoms with Gasteiger partial charge in [0, 0.05) is 11.6 Å². The van der Waals surface area contributed by atoms with Crippen LogP contribution in [0.15, 0.2) is 66.7 Å². The Bertz CT molecular complexity index is 1150. The molecule has 0 aliphatic heterocycles. The number of hydrogen-bond donors (Lipinski definition) is 3. The van der Waals surface area contributed by atoms with E-state index in [4.69, 9.17) is 26.1 Å². The molecule has 5 nitrogen and oxygen atoms in total. The molecule has 0 bridgehead atoms. The van der Waals surface area contributed by atoms with Crippen molar-refractivity contribution >= 4 is 19.2 Å². The maximum Gasteiger partial charge on any atom is 0.325 e. The number of aryl methyl sites for hydroxylation is 2. The van der Waals surface area contributed by atoms with Gasteiger partial charge in [-0.3, -0.25) is 4.57 Å². The molecule has 3 aromatic carbocycles. The van der Waals surface area contributed by atoms with Gasteiger partial charge in [-0.1, -0.05) is 54.1 Å². The molecule has 1 unspecified atom stereocenters. The van der Waals surface area contributed by atoms with Gasteiger partial charge < -0.3 is 19.8 Å². The molecule has 0 amide bonds. The van der Waals surface area contributed by atoms with Crippen molar-refractivity contribution < 1.29 is 19.1 Å². The van der Waals surface area contributed by atoms with Crippen LogP contribution in [0.25, 0.3) is 0 Å². The molecule has 3 N–H and O–H groups in total. The van der Waals surface area contributed by atoms with Gasteiger partial charge in [0.05, 0.1) is 12.8 Å². The number of ether oxygens (including phenoxy) is 1. The number of rotatable bonds is 14. The first kappa shape index (κ1) is 28.4. The van der Waals surface area contributed by atoms with Crippen LogP contribution in [0.2, 0.25) is 5.02 Å². The van der Waals surface area contributed by atoms with Crippen molar-refractivity contribution in [3.8, 4) is 5.75 Å². The van der Waals surface area contributed by atoms with E-state index >= 15 is 0 Å². The second-order valence-electron chi connectivity index (χ2n) is 9.43. The van der Waals surface area contributed by atoms with E-state index in [9.17, 15) is 4.57 Å². The van der Waals surface area contributed by atoms with Gasteiger partial charge in [-0.05, 0) is 104 Å². The molecule has 3 aromatic rings. The lowest BCUT2D eigenvalue weighted by Crippen LogP contribution is -2.15. The van der Waals surface area contributed by atoms with E-state index in [2.05, 4.69) is 49.5 Å². The first-order valence-corrected chi connectivity index (χ1v) is 14.7. The molecular formula is C29H37ClNO4P. The third kappa shape index (κ3) is 10.1. The zero-order chi connectivity index (χ0) is 26.0. The molecule has 0 aliphatic carbocycles. The quantitative estimate of drug-likeness (QED) is 0.158. The predicted octanol–water partition coefficient (Wildman–Crippen LogP) is 6.80. The van der Waals surface area contributed by atoms with Crippen LogP contribution in [0.3, 0.4) is 0 Å². The lowest BCUT2D eigenvalue weighted by atomic mass is 9.87. The van der Waals surface area contributed by atoms with Crippen molar-refractivity contribution in [1.82, 2.24) is 5.32 Å². The maximum absolute atomic E-state index is 10.9. The van der Waals surface area contributed by atoms with Crippen molar-refractivity contribution in [2.45, 2.75) is 52.0 Å². The highest BCUT2D eigenvalue weighted by atomic mass is 35.5. The topological polar surface area (TPSA) is 78.8 Å². The normalized spacial score (nSPS) is 12.5. The average Bonchev–Trinajstić information content (AvgIpc) is 2.83. The summed E-state index contributed by atoms with van der Waals surface area (Å²) < 4.78 is 16.9. The predicted molar refractivity (Wildman–Crippen MR) is 148 cm³/mol. The van der Waals surface area contributed by atoms with Crippen molar-refractivity contribution in [1.29, 1.82) is 0 Å². The summed E-state index contributed by atoms with van der Waals surface area (Å²) in [6.07, 6.45) is 3.27. The summed E-state index contributed by atoms with van der Waals surface area (Å²) in [5, 5.41) is 3.98. The van der Waals surface area contributed by atoms with Gasteiger partial charge in [0.1, 0.15) is 5.75 Å². The van der Waals surface area contributed by atoms with Crippen LogP contribution in [-0.4, -0.2) is 29.1 Å². The Labute approximate surface area is 220 Å². The van der Waals surface area contributed by atoms with E-state index in [1.807, 2.05) is 36.4 Å². The first-order chi connectivity index (χ1) is 17.2. The SMILES string of the molecule is Cc1ccc(CC(CCCOc2ccc(CNCCCP(=O)(O)O)cc2)c2cccc(Cl)c2)cc1C. The molecule has 0 heterocycles. The zero-order valence-electron chi connectivity index (χ0n) is 21.1. The third-order valence-corrected chi connectivity index (χ3v) is 7.53. The Morgan fingerprint density at radius 2 is 1.69 bits per heavy atom. The van der Waals surface area contributed by atoms with Crippen LogP contribution in [0.5, 0.6) is 5.75 Å². The van der Waals surface area contributed by atoms with Crippen molar-refractivity contribution in [2.24, 2.45) is 0 Å². The Hall–Kier alpha value is -2.14. The van der Waals surface area contributed by atoms with E-state index in [-0.39, 0.29) is 6.16 Å². The Morgan fingerprint density at radius 1 is 0.944 bits per heavy atom. The second kappa shape index (κ2) is 14.0. The van der Waals surface area contributed by atoms with Crippen molar-refractivity contribution in [2.75, 3.05) is 19.3 Å². The van der Waals surface area contributed by atoms with Gasteiger partial charge in [0.15, 0.2) is 0 Å². The summed E-state index contributed by atoms with van der Waals surface area (Å²) in [5.74, 6) is 1.21. The Morgan fingerprint density at radius 3 is 2.39 bits per heavy atom. The summed E-state index contributed by atoms with van der Waals surface area (Å²) in [6, 6.07) is 22.9.